The first kappa shape index (κ1) is 20.9. The molecular formula is C26H30FNO3S. The van der Waals surface area contributed by atoms with Gasteiger partial charge in [-0.3, -0.25) is 4.79 Å². The second-order valence-corrected chi connectivity index (χ2v) is 12.0. The largest absolute Gasteiger partial charge is 0.390 e. The van der Waals surface area contributed by atoms with Crippen molar-refractivity contribution in [3.05, 3.63) is 40.7 Å². The molecule has 0 radical (unpaired) electrons. The molecule has 0 saturated heterocycles. The van der Waals surface area contributed by atoms with E-state index >= 15 is 0 Å². The quantitative estimate of drug-likeness (QED) is 0.644. The molecule has 170 valence electrons. The molecule has 2 N–H and O–H groups in total. The van der Waals surface area contributed by atoms with Crippen LogP contribution in [0, 0.1) is 34.4 Å². The number of thiazole rings is 1. The maximum absolute atomic E-state index is 13.8. The Morgan fingerprint density at radius 3 is 2.75 bits per heavy atom. The van der Waals surface area contributed by atoms with Crippen molar-refractivity contribution in [1.29, 1.82) is 0 Å². The van der Waals surface area contributed by atoms with Gasteiger partial charge in [0.2, 0.25) is 0 Å². The van der Waals surface area contributed by atoms with Crippen LogP contribution in [-0.4, -0.2) is 27.1 Å². The molecule has 0 amide bonds. The highest BCUT2D eigenvalue weighted by atomic mass is 32.1. The minimum absolute atomic E-state index is 0.262. The zero-order chi connectivity index (χ0) is 22.5. The fourth-order valence-electron chi connectivity index (χ4n) is 8.00. The van der Waals surface area contributed by atoms with E-state index in [2.05, 4.69) is 13.8 Å². The summed E-state index contributed by atoms with van der Waals surface area (Å²) >= 11 is 1.40. The Hall–Kier alpha value is -1.63. The number of aromatic nitrogens is 1. The number of Topliss-reactive ketones (excluding diaryl/α,β-unsaturated/α-hetero) is 1. The van der Waals surface area contributed by atoms with Crippen molar-refractivity contribution < 1.29 is 19.4 Å². The standard InChI is InChI=1S/C26H30FNO3S/c1-24-10-8-18-16(17(24)6-7-20(24)29)13-21(30)26(31)22-19(9-11-25(18,26)2)28-23(32-22)14-4-3-5-15(27)12-14/h3-5,12,16-18,21,30-31H,6-11,13H2,1-2H3/t16-,17-,18-,21-,24-,25+,26+/m0/s1. The normalized spacial score (nSPS) is 42.7. The van der Waals surface area contributed by atoms with Crippen LogP contribution in [0.2, 0.25) is 0 Å². The topological polar surface area (TPSA) is 70.4 Å². The van der Waals surface area contributed by atoms with Crippen LogP contribution in [0.25, 0.3) is 10.6 Å². The van der Waals surface area contributed by atoms with Crippen molar-refractivity contribution in [3.8, 4) is 10.6 Å². The third kappa shape index (κ3) is 2.49. The van der Waals surface area contributed by atoms with Gasteiger partial charge in [0.25, 0.3) is 0 Å². The van der Waals surface area contributed by atoms with Gasteiger partial charge in [-0.05, 0) is 68.4 Å². The molecule has 3 saturated carbocycles. The smallest absolute Gasteiger partial charge is 0.139 e. The van der Waals surface area contributed by atoms with E-state index in [1.165, 1.54) is 23.5 Å². The first-order valence-electron chi connectivity index (χ1n) is 11.9. The number of fused-ring (bicyclic) bond motifs is 7. The van der Waals surface area contributed by atoms with Gasteiger partial charge in [0.05, 0.1) is 16.7 Å². The van der Waals surface area contributed by atoms with Gasteiger partial charge in [0, 0.05) is 22.8 Å². The summed E-state index contributed by atoms with van der Waals surface area (Å²) < 4.78 is 13.8. The summed E-state index contributed by atoms with van der Waals surface area (Å²) in [6.07, 6.45) is 4.49. The van der Waals surface area contributed by atoms with Crippen molar-refractivity contribution in [2.75, 3.05) is 0 Å². The van der Waals surface area contributed by atoms with Gasteiger partial charge in [0.1, 0.15) is 22.2 Å². The Morgan fingerprint density at radius 2 is 1.97 bits per heavy atom. The zero-order valence-electron chi connectivity index (χ0n) is 18.6. The Bertz CT molecular complexity index is 1120. The van der Waals surface area contributed by atoms with E-state index in [-0.39, 0.29) is 23.1 Å². The fraction of sp³-hybridized carbons (Fsp3) is 0.615. The van der Waals surface area contributed by atoms with Crippen LogP contribution in [0.1, 0.15) is 62.9 Å². The third-order valence-corrected chi connectivity index (χ3v) is 11.1. The average Bonchev–Trinajstić information content (AvgIpc) is 3.33. The maximum Gasteiger partial charge on any atom is 0.139 e. The average molecular weight is 456 g/mol. The maximum atomic E-state index is 13.8. The summed E-state index contributed by atoms with van der Waals surface area (Å²) in [5.74, 6) is 0.909. The minimum Gasteiger partial charge on any atom is -0.390 e. The molecule has 4 aliphatic rings. The number of ketones is 1. The van der Waals surface area contributed by atoms with E-state index in [1.54, 1.807) is 6.07 Å². The van der Waals surface area contributed by atoms with Gasteiger partial charge in [-0.25, -0.2) is 9.37 Å². The van der Waals surface area contributed by atoms with Gasteiger partial charge in [0.15, 0.2) is 0 Å². The van der Waals surface area contributed by atoms with Gasteiger partial charge in [-0.1, -0.05) is 26.0 Å². The molecular weight excluding hydrogens is 425 g/mol. The molecule has 0 unspecified atom stereocenters. The van der Waals surface area contributed by atoms with Gasteiger partial charge < -0.3 is 10.2 Å². The number of halogens is 1. The van der Waals surface area contributed by atoms with Crippen molar-refractivity contribution in [2.45, 2.75) is 70.5 Å². The van der Waals surface area contributed by atoms with Crippen molar-refractivity contribution in [1.82, 2.24) is 4.98 Å². The molecule has 32 heavy (non-hydrogen) atoms. The highest BCUT2D eigenvalue weighted by Gasteiger charge is 2.68. The monoisotopic (exact) mass is 455 g/mol. The second kappa shape index (κ2) is 6.71. The number of carbonyl (C=O) groups is 1. The van der Waals surface area contributed by atoms with Crippen molar-refractivity contribution in [2.24, 2.45) is 28.6 Å². The third-order valence-electron chi connectivity index (χ3n) is 9.81. The Balaban J connectivity index is 1.43. The van der Waals surface area contributed by atoms with Crippen LogP contribution >= 0.6 is 11.3 Å². The number of carbonyl (C=O) groups excluding carboxylic acids is 1. The van der Waals surface area contributed by atoms with E-state index in [9.17, 15) is 19.4 Å². The number of aliphatic hydroxyl groups excluding tert-OH is 1. The van der Waals surface area contributed by atoms with Crippen LogP contribution in [0.15, 0.2) is 24.3 Å². The van der Waals surface area contributed by atoms with E-state index in [1.807, 2.05) is 6.07 Å². The molecule has 4 aliphatic carbocycles. The predicted molar refractivity (Wildman–Crippen MR) is 121 cm³/mol. The lowest BCUT2D eigenvalue weighted by Gasteiger charge is -2.63. The minimum atomic E-state index is -1.36. The summed E-state index contributed by atoms with van der Waals surface area (Å²) in [6.45, 7) is 4.28. The summed E-state index contributed by atoms with van der Waals surface area (Å²) in [5.41, 5.74) is -0.552. The van der Waals surface area contributed by atoms with E-state index in [0.717, 1.165) is 42.7 Å². The number of aryl methyl sites for hydroxylation is 1. The highest BCUT2D eigenvalue weighted by molar-refractivity contribution is 7.15. The van der Waals surface area contributed by atoms with Crippen LogP contribution in [-0.2, 0) is 16.8 Å². The molecule has 6 heteroatoms. The Labute approximate surface area is 191 Å². The molecule has 0 aliphatic heterocycles. The van der Waals surface area contributed by atoms with Crippen LogP contribution in [0.4, 0.5) is 4.39 Å². The molecule has 3 fully saturated rings. The lowest BCUT2D eigenvalue weighted by molar-refractivity contribution is -0.247. The lowest BCUT2D eigenvalue weighted by Crippen LogP contribution is -2.65. The molecule has 4 nitrogen and oxygen atoms in total. The van der Waals surface area contributed by atoms with Crippen LogP contribution in [0.5, 0.6) is 0 Å². The van der Waals surface area contributed by atoms with Crippen molar-refractivity contribution in [3.63, 3.8) is 0 Å². The van der Waals surface area contributed by atoms with Crippen LogP contribution in [0.3, 0.4) is 0 Å². The SMILES string of the molecule is C[C@]12CC[C@H]3[C@@H](C[C@H](O)[C@@]4(O)c5sc(-c6cccc(F)c6)nc5CC[C@]34C)[C@@H]1CCC2=O. The summed E-state index contributed by atoms with van der Waals surface area (Å²) in [6, 6.07) is 6.39. The molecule has 7 atom stereocenters. The first-order chi connectivity index (χ1) is 15.2. The van der Waals surface area contributed by atoms with E-state index < -0.39 is 17.1 Å². The second-order valence-electron chi connectivity index (χ2n) is 11.0. The first-order valence-corrected chi connectivity index (χ1v) is 12.7. The number of hydrogen-bond donors (Lipinski definition) is 2. The zero-order valence-corrected chi connectivity index (χ0v) is 19.4. The molecule has 6 rings (SSSR count). The molecule has 0 spiro atoms. The highest BCUT2D eigenvalue weighted by Crippen LogP contribution is 2.68. The number of benzene rings is 1. The summed E-state index contributed by atoms with van der Waals surface area (Å²) in [5, 5.41) is 24.4. The Kier molecular flexibility index (Phi) is 4.39. The molecule has 2 aromatic rings. The fourth-order valence-corrected chi connectivity index (χ4v) is 9.38. The molecule has 1 aromatic carbocycles. The molecule has 1 heterocycles. The van der Waals surface area contributed by atoms with Crippen LogP contribution < -0.4 is 0 Å². The number of aliphatic hydroxyl groups is 2. The lowest BCUT2D eigenvalue weighted by atomic mass is 9.43. The Morgan fingerprint density at radius 1 is 1.16 bits per heavy atom. The van der Waals surface area contributed by atoms with Crippen molar-refractivity contribution >= 4 is 17.1 Å². The predicted octanol–water partition coefficient (Wildman–Crippen LogP) is 4.87. The molecule has 0 bridgehead atoms. The van der Waals surface area contributed by atoms with Gasteiger partial charge >= 0.3 is 0 Å². The number of rotatable bonds is 1. The van der Waals surface area contributed by atoms with E-state index in [4.69, 9.17) is 4.98 Å². The molecule has 1 aromatic heterocycles. The number of hydrogen-bond acceptors (Lipinski definition) is 5. The van der Waals surface area contributed by atoms with E-state index in [0.29, 0.717) is 35.1 Å². The summed E-state index contributed by atoms with van der Waals surface area (Å²) in [4.78, 5) is 18.2. The van der Waals surface area contributed by atoms with Gasteiger partial charge in [-0.2, -0.15) is 0 Å². The number of nitrogens with zero attached hydrogens (tertiary/aromatic N) is 1. The summed E-state index contributed by atoms with van der Waals surface area (Å²) in [7, 11) is 0. The van der Waals surface area contributed by atoms with Gasteiger partial charge in [-0.15, -0.1) is 11.3 Å².